The summed E-state index contributed by atoms with van der Waals surface area (Å²) in [5, 5.41) is 0.774. The van der Waals surface area contributed by atoms with Crippen LogP contribution in [0.4, 0.5) is 0 Å². The van der Waals surface area contributed by atoms with E-state index in [1.807, 2.05) is 18.2 Å². The van der Waals surface area contributed by atoms with E-state index in [0.717, 1.165) is 10.9 Å². The van der Waals surface area contributed by atoms with Crippen molar-refractivity contribution < 1.29 is 28.2 Å². The minimum Gasteiger partial charge on any atom is -0.495 e. The minimum absolute atomic E-state index is 0.0746. The van der Waals surface area contributed by atoms with E-state index in [1.54, 1.807) is 38.7 Å². The van der Waals surface area contributed by atoms with Crippen LogP contribution in [0, 0.1) is 0 Å². The summed E-state index contributed by atoms with van der Waals surface area (Å²) >= 11 is 0. The molecule has 26 heavy (non-hydrogen) atoms. The molecule has 1 aliphatic heterocycles. The zero-order chi connectivity index (χ0) is 18.1. The Kier molecular flexibility index (Phi) is 4.26. The Morgan fingerprint density at radius 1 is 1.12 bits per heavy atom. The fraction of sp³-hybridized carbons (Fsp3) is 0.250. The molecule has 0 saturated carbocycles. The van der Waals surface area contributed by atoms with Crippen molar-refractivity contribution in [2.75, 3.05) is 21.0 Å². The van der Waals surface area contributed by atoms with Gasteiger partial charge in [-0.05, 0) is 35.9 Å². The second kappa shape index (κ2) is 6.72. The zero-order valence-electron chi connectivity index (χ0n) is 14.5. The first kappa shape index (κ1) is 16.5. The fourth-order valence-electron chi connectivity index (χ4n) is 3.19. The van der Waals surface area contributed by atoms with Gasteiger partial charge in [-0.1, -0.05) is 6.07 Å². The standard InChI is InChI=1S/C20H18O6/c1-22-18(12-3-5-17-19(9-12)26-11-25-17)10-15(21)13-4-6-16-14(7-8-24-16)20(13)23-2/h3-9,18H,10-11H2,1-2H3/t18-/m0/s1. The number of carbonyl (C=O) groups is 1. The van der Waals surface area contributed by atoms with E-state index < -0.39 is 6.10 Å². The van der Waals surface area contributed by atoms with Gasteiger partial charge < -0.3 is 23.4 Å². The maximum absolute atomic E-state index is 12.9. The van der Waals surface area contributed by atoms with Crippen LogP contribution in [0.1, 0.15) is 28.4 Å². The first-order chi connectivity index (χ1) is 12.7. The van der Waals surface area contributed by atoms with Gasteiger partial charge in [-0.15, -0.1) is 0 Å². The number of hydrogen-bond acceptors (Lipinski definition) is 6. The van der Waals surface area contributed by atoms with Gasteiger partial charge in [-0.3, -0.25) is 4.79 Å². The van der Waals surface area contributed by atoms with Gasteiger partial charge in [0.15, 0.2) is 17.3 Å². The molecule has 3 aromatic rings. The van der Waals surface area contributed by atoms with Crippen LogP contribution in [0.5, 0.6) is 17.2 Å². The molecule has 6 nitrogen and oxygen atoms in total. The van der Waals surface area contributed by atoms with Gasteiger partial charge in [-0.25, -0.2) is 0 Å². The van der Waals surface area contributed by atoms with E-state index in [0.29, 0.717) is 28.4 Å². The molecule has 0 aliphatic carbocycles. The number of ether oxygens (including phenoxy) is 4. The van der Waals surface area contributed by atoms with E-state index >= 15 is 0 Å². The van der Waals surface area contributed by atoms with Crippen LogP contribution in [0.2, 0.25) is 0 Å². The molecule has 0 saturated heterocycles. The molecule has 0 N–H and O–H groups in total. The fourth-order valence-corrected chi connectivity index (χ4v) is 3.19. The lowest BCUT2D eigenvalue weighted by Gasteiger charge is -2.16. The summed E-state index contributed by atoms with van der Waals surface area (Å²) in [4.78, 5) is 12.9. The van der Waals surface area contributed by atoms with Gasteiger partial charge in [0.25, 0.3) is 0 Å². The van der Waals surface area contributed by atoms with E-state index in [-0.39, 0.29) is 19.0 Å². The molecular weight excluding hydrogens is 336 g/mol. The molecule has 134 valence electrons. The minimum atomic E-state index is -0.401. The maximum atomic E-state index is 12.9. The topological polar surface area (TPSA) is 67.1 Å². The summed E-state index contributed by atoms with van der Waals surface area (Å²) in [6.07, 6.45) is 1.35. The molecule has 2 aromatic carbocycles. The number of benzene rings is 2. The van der Waals surface area contributed by atoms with E-state index in [9.17, 15) is 4.79 Å². The third kappa shape index (κ3) is 2.78. The quantitative estimate of drug-likeness (QED) is 0.620. The predicted molar refractivity (Wildman–Crippen MR) is 94.0 cm³/mol. The smallest absolute Gasteiger partial charge is 0.231 e. The van der Waals surface area contributed by atoms with Crippen LogP contribution in [0.15, 0.2) is 47.1 Å². The highest BCUT2D eigenvalue weighted by atomic mass is 16.7. The summed E-state index contributed by atoms with van der Waals surface area (Å²) in [5.74, 6) is 1.80. The van der Waals surface area contributed by atoms with Gasteiger partial charge >= 0.3 is 0 Å². The van der Waals surface area contributed by atoms with Crippen molar-refractivity contribution in [3.63, 3.8) is 0 Å². The van der Waals surface area contributed by atoms with Crippen LogP contribution in [0.3, 0.4) is 0 Å². The van der Waals surface area contributed by atoms with Gasteiger partial charge in [0.2, 0.25) is 6.79 Å². The summed E-state index contributed by atoms with van der Waals surface area (Å²) in [6.45, 7) is 0.206. The van der Waals surface area contributed by atoms with Crippen molar-refractivity contribution in [1.82, 2.24) is 0 Å². The highest BCUT2D eigenvalue weighted by molar-refractivity contribution is 6.04. The molecule has 0 radical (unpaired) electrons. The van der Waals surface area contributed by atoms with E-state index in [4.69, 9.17) is 23.4 Å². The van der Waals surface area contributed by atoms with Crippen molar-refractivity contribution in [2.24, 2.45) is 0 Å². The molecule has 0 spiro atoms. The van der Waals surface area contributed by atoms with Crippen molar-refractivity contribution in [1.29, 1.82) is 0 Å². The maximum Gasteiger partial charge on any atom is 0.231 e. The van der Waals surface area contributed by atoms with Crippen molar-refractivity contribution >= 4 is 16.8 Å². The molecule has 2 heterocycles. The average Bonchev–Trinajstić information content (AvgIpc) is 3.33. The molecule has 1 atom stereocenters. The molecule has 4 rings (SSSR count). The van der Waals surface area contributed by atoms with Crippen LogP contribution in [-0.4, -0.2) is 26.8 Å². The number of methoxy groups -OCH3 is 2. The van der Waals surface area contributed by atoms with Crippen molar-refractivity contribution in [2.45, 2.75) is 12.5 Å². The van der Waals surface area contributed by atoms with Crippen LogP contribution >= 0.6 is 0 Å². The SMILES string of the molecule is COc1c(C(=O)C[C@H](OC)c2ccc3c(c2)OCO3)ccc2occc12. The Morgan fingerprint density at radius 3 is 2.77 bits per heavy atom. The Morgan fingerprint density at radius 2 is 1.96 bits per heavy atom. The van der Waals surface area contributed by atoms with Crippen LogP contribution < -0.4 is 14.2 Å². The first-order valence-electron chi connectivity index (χ1n) is 8.21. The lowest BCUT2D eigenvalue weighted by atomic mass is 9.98. The summed E-state index contributed by atoms with van der Waals surface area (Å²) in [5.41, 5.74) is 2.04. The van der Waals surface area contributed by atoms with Gasteiger partial charge in [0, 0.05) is 13.5 Å². The van der Waals surface area contributed by atoms with Gasteiger partial charge in [0.1, 0.15) is 11.3 Å². The Bertz CT molecular complexity index is 958. The molecule has 0 bridgehead atoms. The largest absolute Gasteiger partial charge is 0.495 e. The highest BCUT2D eigenvalue weighted by Crippen LogP contribution is 2.37. The van der Waals surface area contributed by atoms with Crippen molar-refractivity contribution in [3.05, 3.63) is 53.8 Å². The predicted octanol–water partition coefficient (Wildman–Crippen LogP) is 4.13. The molecule has 1 aromatic heterocycles. The van der Waals surface area contributed by atoms with Crippen molar-refractivity contribution in [3.8, 4) is 17.2 Å². The molecule has 0 amide bonds. The second-order valence-corrected chi connectivity index (χ2v) is 5.94. The summed E-state index contributed by atoms with van der Waals surface area (Å²) < 4.78 is 27.1. The third-order valence-electron chi connectivity index (χ3n) is 4.51. The normalized spacial score (nSPS) is 13.8. The zero-order valence-corrected chi connectivity index (χ0v) is 14.5. The Labute approximate surface area is 150 Å². The molecule has 0 unspecified atom stereocenters. The molecule has 6 heteroatoms. The number of carbonyl (C=O) groups excluding carboxylic acids is 1. The van der Waals surface area contributed by atoms with E-state index in [1.165, 1.54) is 0 Å². The average molecular weight is 354 g/mol. The molecular formula is C20H18O6. The van der Waals surface area contributed by atoms with Crippen LogP contribution in [-0.2, 0) is 4.74 Å². The van der Waals surface area contributed by atoms with Gasteiger partial charge in [0.05, 0.1) is 30.4 Å². The second-order valence-electron chi connectivity index (χ2n) is 5.94. The lowest BCUT2D eigenvalue weighted by Crippen LogP contribution is -2.10. The number of rotatable bonds is 6. The Balaban J connectivity index is 1.62. The number of Topliss-reactive ketones (excluding diaryl/α,β-unsaturated/α-hetero) is 1. The number of fused-ring (bicyclic) bond motifs is 2. The number of ketones is 1. The van der Waals surface area contributed by atoms with Gasteiger partial charge in [-0.2, -0.15) is 0 Å². The monoisotopic (exact) mass is 354 g/mol. The summed E-state index contributed by atoms with van der Waals surface area (Å²) in [7, 11) is 3.13. The first-order valence-corrected chi connectivity index (χ1v) is 8.21. The molecule has 0 fully saturated rings. The summed E-state index contributed by atoms with van der Waals surface area (Å²) in [6, 6.07) is 10.8. The third-order valence-corrected chi connectivity index (χ3v) is 4.51. The van der Waals surface area contributed by atoms with Crippen LogP contribution in [0.25, 0.3) is 11.0 Å². The van der Waals surface area contributed by atoms with E-state index in [2.05, 4.69) is 0 Å². The molecule has 1 aliphatic rings. The Hall–Kier alpha value is -2.99. The highest BCUT2D eigenvalue weighted by Gasteiger charge is 2.23. The lowest BCUT2D eigenvalue weighted by molar-refractivity contribution is 0.0727. The number of hydrogen-bond donors (Lipinski definition) is 0. The number of furan rings is 1.